The molecule has 0 N–H and O–H groups in total. The number of amides is 1. The van der Waals surface area contributed by atoms with Gasteiger partial charge in [0.05, 0.1) is 16.4 Å². The second-order valence-corrected chi connectivity index (χ2v) is 8.81. The average molecular weight is 467 g/mol. The molecule has 0 unspecified atom stereocenters. The van der Waals surface area contributed by atoms with Gasteiger partial charge >= 0.3 is 0 Å². The number of nitro groups is 1. The van der Waals surface area contributed by atoms with E-state index < -0.39 is 4.92 Å². The number of rotatable bonds is 7. The lowest BCUT2D eigenvalue weighted by Crippen LogP contribution is -2.47. The minimum atomic E-state index is -0.394. The van der Waals surface area contributed by atoms with Crippen LogP contribution in [0.5, 0.6) is 5.75 Å². The lowest BCUT2D eigenvalue weighted by atomic mass is 10.2. The highest BCUT2D eigenvalue weighted by Gasteiger charge is 2.29. The van der Waals surface area contributed by atoms with Gasteiger partial charge in [-0.25, -0.2) is 0 Å². The molecule has 0 spiro atoms. The number of piperazine rings is 1. The maximum absolute atomic E-state index is 12.6. The summed E-state index contributed by atoms with van der Waals surface area (Å²) in [7, 11) is 0. The van der Waals surface area contributed by atoms with E-state index in [1.807, 2.05) is 30.3 Å². The number of unbranched alkanes of at least 4 members (excludes halogenated alkanes) is 1. The number of thioether (sulfide) groups is 1. The molecule has 2 aromatic rings. The van der Waals surface area contributed by atoms with Crippen LogP contribution in [0.1, 0.15) is 25.3 Å². The predicted octanol–water partition coefficient (Wildman–Crippen LogP) is 4.57. The van der Waals surface area contributed by atoms with E-state index in [0.717, 1.165) is 61.2 Å². The summed E-state index contributed by atoms with van der Waals surface area (Å²) < 4.78 is 5.88. The number of hydrogen-bond donors (Lipinski definition) is 0. The Morgan fingerprint density at radius 2 is 1.79 bits per heavy atom. The third kappa shape index (κ3) is 5.54. The van der Waals surface area contributed by atoms with Crippen molar-refractivity contribution < 1.29 is 14.5 Å². The first-order valence-electron chi connectivity index (χ1n) is 11.0. The fourth-order valence-corrected chi connectivity index (χ4v) is 4.63. The smallest absolute Gasteiger partial charge is 0.286 e. The highest BCUT2D eigenvalue weighted by atomic mass is 32.2. The number of non-ortho nitro benzene ring substituents is 1. The number of ether oxygens (including phenoxy) is 1. The van der Waals surface area contributed by atoms with Crippen LogP contribution >= 0.6 is 11.8 Å². The van der Waals surface area contributed by atoms with E-state index in [1.165, 1.54) is 23.9 Å². The molecule has 1 saturated heterocycles. The van der Waals surface area contributed by atoms with Gasteiger partial charge in [0.1, 0.15) is 5.75 Å². The zero-order valence-electron chi connectivity index (χ0n) is 18.5. The number of nitrogens with zero attached hydrogens (tertiary/aromatic N) is 4. The van der Waals surface area contributed by atoms with E-state index in [2.05, 4.69) is 21.7 Å². The molecule has 0 atom stereocenters. The molecule has 9 heteroatoms. The molecule has 2 aromatic carbocycles. The van der Waals surface area contributed by atoms with E-state index in [-0.39, 0.29) is 11.6 Å². The number of hydrogen-bond acceptors (Lipinski definition) is 7. The molecular formula is C24H26N4O4S. The van der Waals surface area contributed by atoms with Crippen LogP contribution < -0.4 is 9.64 Å². The van der Waals surface area contributed by atoms with Crippen LogP contribution in [0.25, 0.3) is 6.08 Å². The van der Waals surface area contributed by atoms with Crippen LogP contribution in [0, 0.1) is 10.1 Å². The minimum Gasteiger partial charge on any atom is -0.493 e. The van der Waals surface area contributed by atoms with Crippen LogP contribution in [0.4, 0.5) is 11.4 Å². The zero-order chi connectivity index (χ0) is 23.2. The molecule has 1 amide bonds. The molecule has 0 radical (unpaired) electrons. The molecule has 0 bridgehead atoms. The first-order valence-corrected chi connectivity index (χ1v) is 11.9. The summed E-state index contributed by atoms with van der Waals surface area (Å²) in [5.41, 5.74) is 1.92. The zero-order valence-corrected chi connectivity index (χ0v) is 19.3. The Labute approximate surface area is 197 Å². The lowest BCUT2D eigenvalue weighted by molar-refractivity contribution is -0.384. The molecule has 0 aromatic heterocycles. The van der Waals surface area contributed by atoms with Crippen molar-refractivity contribution in [1.29, 1.82) is 0 Å². The molecule has 33 heavy (non-hydrogen) atoms. The third-order valence-corrected chi connectivity index (χ3v) is 6.59. The van der Waals surface area contributed by atoms with E-state index in [9.17, 15) is 14.9 Å². The van der Waals surface area contributed by atoms with E-state index in [0.29, 0.717) is 11.5 Å². The van der Waals surface area contributed by atoms with Crippen molar-refractivity contribution in [3.8, 4) is 5.75 Å². The van der Waals surface area contributed by atoms with Gasteiger partial charge in [0.15, 0.2) is 5.17 Å². The van der Waals surface area contributed by atoms with Crippen LogP contribution in [0.15, 0.2) is 58.4 Å². The Hall–Kier alpha value is -3.33. The van der Waals surface area contributed by atoms with E-state index >= 15 is 0 Å². The standard InChI is InChI=1S/C24H26N4O4S/c1-2-3-16-32-21-7-5-4-6-18(21)17-22-23(29)25-24(33-22)27-14-12-26(13-15-27)19-8-10-20(11-9-19)28(30)31/h4-11,17H,2-3,12-16H2,1H3/b22-17-. The number of para-hydroxylation sites is 1. The Balaban J connectivity index is 1.37. The normalized spacial score (nSPS) is 17.4. The predicted molar refractivity (Wildman–Crippen MR) is 132 cm³/mol. The van der Waals surface area contributed by atoms with Crippen molar-refractivity contribution >= 4 is 40.3 Å². The SMILES string of the molecule is CCCCOc1ccccc1/C=C1\SC(N2CCN(c3ccc([N+](=O)[O-])cc3)CC2)=NC1=O. The minimum absolute atomic E-state index is 0.0873. The van der Waals surface area contributed by atoms with Crippen molar-refractivity contribution in [2.24, 2.45) is 4.99 Å². The Morgan fingerprint density at radius 1 is 1.09 bits per heavy atom. The van der Waals surface area contributed by atoms with Gasteiger partial charge < -0.3 is 14.5 Å². The highest BCUT2D eigenvalue weighted by molar-refractivity contribution is 8.18. The van der Waals surface area contributed by atoms with Gasteiger partial charge in [0.25, 0.3) is 11.6 Å². The molecular weight excluding hydrogens is 440 g/mol. The van der Waals surface area contributed by atoms with Gasteiger partial charge in [-0.15, -0.1) is 0 Å². The molecule has 8 nitrogen and oxygen atoms in total. The molecule has 2 aliphatic rings. The fraction of sp³-hybridized carbons (Fsp3) is 0.333. The van der Waals surface area contributed by atoms with Gasteiger partial charge in [0, 0.05) is 49.6 Å². The molecule has 1 fully saturated rings. The summed E-state index contributed by atoms with van der Waals surface area (Å²) in [4.78, 5) is 32.2. The molecule has 172 valence electrons. The fourth-order valence-electron chi connectivity index (χ4n) is 3.67. The van der Waals surface area contributed by atoms with Crippen molar-refractivity contribution in [2.45, 2.75) is 19.8 Å². The third-order valence-electron chi connectivity index (χ3n) is 5.55. The van der Waals surface area contributed by atoms with Gasteiger partial charge in [-0.05, 0) is 42.5 Å². The quantitative estimate of drug-likeness (QED) is 0.256. The van der Waals surface area contributed by atoms with Crippen LogP contribution in [0.2, 0.25) is 0 Å². The first kappa shape index (κ1) is 22.8. The van der Waals surface area contributed by atoms with Crippen LogP contribution in [0.3, 0.4) is 0 Å². The number of benzene rings is 2. The molecule has 2 heterocycles. The highest BCUT2D eigenvalue weighted by Crippen LogP contribution is 2.33. The first-order chi connectivity index (χ1) is 16.0. The Morgan fingerprint density at radius 3 is 2.48 bits per heavy atom. The van der Waals surface area contributed by atoms with Crippen LogP contribution in [-0.4, -0.2) is 53.7 Å². The topological polar surface area (TPSA) is 88.3 Å². The van der Waals surface area contributed by atoms with Gasteiger partial charge in [0.2, 0.25) is 0 Å². The number of carbonyl (C=O) groups is 1. The maximum atomic E-state index is 12.6. The summed E-state index contributed by atoms with van der Waals surface area (Å²) in [5.74, 6) is 0.549. The summed E-state index contributed by atoms with van der Waals surface area (Å²) in [5, 5.41) is 11.6. The number of carbonyl (C=O) groups excluding carboxylic acids is 1. The van der Waals surface area contributed by atoms with E-state index in [1.54, 1.807) is 12.1 Å². The number of amidine groups is 1. The summed E-state index contributed by atoms with van der Waals surface area (Å²) in [6.07, 6.45) is 3.90. The number of anilines is 1. The summed E-state index contributed by atoms with van der Waals surface area (Å²) >= 11 is 1.40. The van der Waals surface area contributed by atoms with Crippen molar-refractivity contribution in [3.05, 3.63) is 69.1 Å². The Kier molecular flexibility index (Phi) is 7.29. The monoisotopic (exact) mass is 466 g/mol. The van der Waals surface area contributed by atoms with Crippen LogP contribution in [-0.2, 0) is 4.79 Å². The molecule has 0 aliphatic carbocycles. The lowest BCUT2D eigenvalue weighted by Gasteiger charge is -2.36. The van der Waals surface area contributed by atoms with Gasteiger partial charge in [-0.2, -0.15) is 4.99 Å². The summed E-state index contributed by atoms with van der Waals surface area (Å²) in [6, 6.07) is 14.3. The van der Waals surface area contributed by atoms with Gasteiger partial charge in [-0.3, -0.25) is 14.9 Å². The van der Waals surface area contributed by atoms with Gasteiger partial charge in [-0.1, -0.05) is 31.5 Å². The molecule has 2 aliphatic heterocycles. The second-order valence-electron chi connectivity index (χ2n) is 7.80. The Bertz CT molecular complexity index is 1080. The molecule has 4 rings (SSSR count). The van der Waals surface area contributed by atoms with Crippen molar-refractivity contribution in [3.63, 3.8) is 0 Å². The second kappa shape index (κ2) is 10.5. The van der Waals surface area contributed by atoms with Crippen molar-refractivity contribution in [1.82, 2.24) is 4.90 Å². The average Bonchev–Trinajstić information content (AvgIpc) is 3.20. The maximum Gasteiger partial charge on any atom is 0.286 e. The molecule has 0 saturated carbocycles. The summed E-state index contributed by atoms with van der Waals surface area (Å²) in [6.45, 7) is 5.71. The van der Waals surface area contributed by atoms with E-state index in [4.69, 9.17) is 4.74 Å². The van der Waals surface area contributed by atoms with Crippen molar-refractivity contribution in [2.75, 3.05) is 37.7 Å². The number of nitro benzene ring substituents is 1. The largest absolute Gasteiger partial charge is 0.493 e. The number of aliphatic imine (C=N–C) groups is 1.